The molecule has 0 atom stereocenters. The number of benzene rings is 2. The fourth-order valence-corrected chi connectivity index (χ4v) is 2.40. The van der Waals surface area contributed by atoms with E-state index in [-0.39, 0.29) is 17.1 Å². The molecule has 0 aliphatic carbocycles. The summed E-state index contributed by atoms with van der Waals surface area (Å²) in [7, 11) is 1.47. The SMILES string of the molecule is COc1ccccc1NC(=O)c1cccc(C(=O)Nc2ccc(F)cc2F)n1. The predicted molar refractivity (Wildman–Crippen MR) is 99.5 cm³/mol. The Morgan fingerprint density at radius 1 is 0.857 bits per heavy atom. The topological polar surface area (TPSA) is 80.3 Å². The van der Waals surface area contributed by atoms with Crippen LogP contribution in [0.3, 0.4) is 0 Å². The standard InChI is InChI=1S/C20H15F2N3O3/c1-28-18-8-3-2-5-15(18)25-20(27)17-7-4-6-16(23-17)19(26)24-14-10-9-12(21)11-13(14)22/h2-11H,1H3,(H,24,26)(H,25,27). The Kier molecular flexibility index (Phi) is 5.59. The van der Waals surface area contributed by atoms with Crippen LogP contribution in [0.1, 0.15) is 21.0 Å². The van der Waals surface area contributed by atoms with Gasteiger partial charge in [0.1, 0.15) is 28.8 Å². The van der Waals surface area contributed by atoms with Crippen molar-refractivity contribution in [3.63, 3.8) is 0 Å². The van der Waals surface area contributed by atoms with Crippen molar-refractivity contribution < 1.29 is 23.1 Å². The van der Waals surface area contributed by atoms with Crippen molar-refractivity contribution in [1.29, 1.82) is 0 Å². The molecule has 0 aliphatic heterocycles. The molecule has 142 valence electrons. The van der Waals surface area contributed by atoms with Crippen LogP contribution in [-0.4, -0.2) is 23.9 Å². The number of nitrogens with zero attached hydrogens (tertiary/aromatic N) is 1. The van der Waals surface area contributed by atoms with E-state index < -0.39 is 23.4 Å². The van der Waals surface area contributed by atoms with Gasteiger partial charge in [0.05, 0.1) is 18.5 Å². The maximum absolute atomic E-state index is 13.7. The minimum absolute atomic E-state index is 0.0156. The van der Waals surface area contributed by atoms with E-state index in [1.54, 1.807) is 24.3 Å². The normalized spacial score (nSPS) is 10.2. The second-order valence-electron chi connectivity index (χ2n) is 5.64. The van der Waals surface area contributed by atoms with E-state index in [0.717, 1.165) is 12.1 Å². The number of halogens is 2. The molecule has 6 nitrogen and oxygen atoms in total. The number of ether oxygens (including phenoxy) is 1. The molecule has 8 heteroatoms. The van der Waals surface area contributed by atoms with E-state index in [0.29, 0.717) is 17.5 Å². The lowest BCUT2D eigenvalue weighted by Gasteiger charge is -2.10. The molecule has 1 aromatic heterocycles. The molecule has 3 rings (SSSR count). The maximum Gasteiger partial charge on any atom is 0.274 e. The Morgan fingerprint density at radius 2 is 1.50 bits per heavy atom. The number of hydrogen-bond donors (Lipinski definition) is 2. The minimum Gasteiger partial charge on any atom is -0.495 e. The minimum atomic E-state index is -0.918. The van der Waals surface area contributed by atoms with Crippen molar-refractivity contribution in [3.8, 4) is 5.75 Å². The van der Waals surface area contributed by atoms with E-state index >= 15 is 0 Å². The Hall–Kier alpha value is -3.81. The smallest absolute Gasteiger partial charge is 0.274 e. The second-order valence-corrected chi connectivity index (χ2v) is 5.64. The van der Waals surface area contributed by atoms with Crippen molar-refractivity contribution in [1.82, 2.24) is 4.98 Å². The maximum atomic E-state index is 13.7. The van der Waals surface area contributed by atoms with Gasteiger partial charge in [0.25, 0.3) is 11.8 Å². The number of para-hydroxylation sites is 2. The lowest BCUT2D eigenvalue weighted by molar-refractivity contribution is 0.101. The Balaban J connectivity index is 1.77. The number of nitrogens with one attached hydrogen (secondary N) is 2. The molecule has 28 heavy (non-hydrogen) atoms. The summed E-state index contributed by atoms with van der Waals surface area (Å²) in [6.45, 7) is 0. The highest BCUT2D eigenvalue weighted by Gasteiger charge is 2.15. The fourth-order valence-electron chi connectivity index (χ4n) is 2.40. The van der Waals surface area contributed by atoms with Gasteiger partial charge in [-0.1, -0.05) is 18.2 Å². The first-order chi connectivity index (χ1) is 13.5. The monoisotopic (exact) mass is 383 g/mol. The highest BCUT2D eigenvalue weighted by molar-refractivity contribution is 6.06. The van der Waals surface area contributed by atoms with Crippen LogP contribution in [0, 0.1) is 11.6 Å². The van der Waals surface area contributed by atoms with Gasteiger partial charge in [-0.3, -0.25) is 9.59 Å². The zero-order chi connectivity index (χ0) is 20.1. The molecule has 0 aliphatic rings. The molecule has 2 N–H and O–H groups in total. The predicted octanol–water partition coefficient (Wildman–Crippen LogP) is 3.87. The van der Waals surface area contributed by atoms with Gasteiger partial charge in [-0.2, -0.15) is 0 Å². The molecule has 0 saturated carbocycles. The highest BCUT2D eigenvalue weighted by Crippen LogP contribution is 2.23. The summed E-state index contributed by atoms with van der Waals surface area (Å²) >= 11 is 0. The first-order valence-electron chi connectivity index (χ1n) is 8.16. The van der Waals surface area contributed by atoms with Gasteiger partial charge in [0.15, 0.2) is 0 Å². The van der Waals surface area contributed by atoms with Gasteiger partial charge < -0.3 is 15.4 Å². The number of pyridine rings is 1. The first-order valence-corrected chi connectivity index (χ1v) is 8.16. The van der Waals surface area contributed by atoms with Crippen molar-refractivity contribution >= 4 is 23.2 Å². The molecular weight excluding hydrogens is 368 g/mol. The van der Waals surface area contributed by atoms with Gasteiger partial charge in [-0.25, -0.2) is 13.8 Å². The molecule has 0 spiro atoms. The third-order valence-electron chi connectivity index (χ3n) is 3.75. The zero-order valence-electron chi connectivity index (χ0n) is 14.7. The van der Waals surface area contributed by atoms with Crippen LogP contribution in [0.25, 0.3) is 0 Å². The average Bonchev–Trinajstić information content (AvgIpc) is 2.70. The summed E-state index contributed by atoms with van der Waals surface area (Å²) in [4.78, 5) is 28.7. The number of aromatic nitrogens is 1. The van der Waals surface area contributed by atoms with Crippen LogP contribution in [0.5, 0.6) is 5.75 Å². The van der Waals surface area contributed by atoms with Crippen LogP contribution < -0.4 is 15.4 Å². The third kappa shape index (κ3) is 4.29. The van der Waals surface area contributed by atoms with Gasteiger partial charge in [-0.05, 0) is 36.4 Å². The summed E-state index contributed by atoms with van der Waals surface area (Å²) in [5.74, 6) is -2.50. The average molecular weight is 383 g/mol. The van der Waals surface area contributed by atoms with Crippen LogP contribution >= 0.6 is 0 Å². The molecule has 2 amide bonds. The molecular formula is C20H15F2N3O3. The number of hydrogen-bond acceptors (Lipinski definition) is 4. The second kappa shape index (κ2) is 8.26. The Labute approximate surface area is 159 Å². The van der Waals surface area contributed by atoms with Crippen molar-refractivity contribution in [2.75, 3.05) is 17.7 Å². The summed E-state index contributed by atoms with van der Waals surface area (Å²) in [6, 6.07) is 13.9. The zero-order valence-corrected chi connectivity index (χ0v) is 14.7. The number of anilines is 2. The summed E-state index contributed by atoms with van der Waals surface area (Å²) < 4.78 is 31.8. The van der Waals surface area contributed by atoms with E-state index in [9.17, 15) is 18.4 Å². The molecule has 1 heterocycles. The summed E-state index contributed by atoms with van der Waals surface area (Å²) in [5, 5.41) is 4.94. The van der Waals surface area contributed by atoms with E-state index in [4.69, 9.17) is 4.74 Å². The lowest BCUT2D eigenvalue weighted by Crippen LogP contribution is -2.19. The molecule has 0 unspecified atom stereocenters. The Bertz CT molecular complexity index is 1040. The largest absolute Gasteiger partial charge is 0.495 e. The fraction of sp³-hybridized carbons (Fsp3) is 0.0500. The third-order valence-corrected chi connectivity index (χ3v) is 3.75. The molecule has 0 radical (unpaired) electrons. The van der Waals surface area contributed by atoms with Crippen molar-refractivity contribution in [2.24, 2.45) is 0 Å². The molecule has 0 saturated heterocycles. The number of carbonyl (C=O) groups excluding carboxylic acids is 2. The molecule has 3 aromatic rings. The Morgan fingerprint density at radius 3 is 2.14 bits per heavy atom. The van der Waals surface area contributed by atoms with Crippen LogP contribution in [-0.2, 0) is 0 Å². The number of carbonyl (C=O) groups is 2. The van der Waals surface area contributed by atoms with E-state index in [2.05, 4.69) is 15.6 Å². The number of rotatable bonds is 5. The number of methoxy groups -OCH3 is 1. The van der Waals surface area contributed by atoms with Crippen molar-refractivity contribution in [3.05, 3.63) is 83.7 Å². The van der Waals surface area contributed by atoms with Gasteiger partial charge >= 0.3 is 0 Å². The molecule has 0 bridgehead atoms. The van der Waals surface area contributed by atoms with Crippen LogP contribution in [0.2, 0.25) is 0 Å². The van der Waals surface area contributed by atoms with Gasteiger partial charge in [0, 0.05) is 6.07 Å². The summed E-state index contributed by atoms with van der Waals surface area (Å²) in [5.41, 5.74) is 0.131. The van der Waals surface area contributed by atoms with Crippen molar-refractivity contribution in [2.45, 2.75) is 0 Å². The quantitative estimate of drug-likeness (QED) is 0.701. The summed E-state index contributed by atoms with van der Waals surface area (Å²) in [6.07, 6.45) is 0. The molecule has 0 fully saturated rings. The first kappa shape index (κ1) is 19.0. The number of amides is 2. The van der Waals surface area contributed by atoms with Crippen LogP contribution in [0.4, 0.5) is 20.2 Å². The van der Waals surface area contributed by atoms with Gasteiger partial charge in [0.2, 0.25) is 0 Å². The molecule has 2 aromatic carbocycles. The van der Waals surface area contributed by atoms with E-state index in [1.165, 1.54) is 25.3 Å². The van der Waals surface area contributed by atoms with E-state index in [1.807, 2.05) is 0 Å². The van der Waals surface area contributed by atoms with Crippen LogP contribution in [0.15, 0.2) is 60.7 Å². The lowest BCUT2D eigenvalue weighted by atomic mass is 10.2. The highest BCUT2D eigenvalue weighted by atomic mass is 19.1. The van der Waals surface area contributed by atoms with Gasteiger partial charge in [-0.15, -0.1) is 0 Å².